The van der Waals surface area contributed by atoms with E-state index < -0.39 is 29.7 Å². The van der Waals surface area contributed by atoms with Gasteiger partial charge in [0.25, 0.3) is 0 Å². The first-order valence-corrected chi connectivity index (χ1v) is 6.86. The van der Waals surface area contributed by atoms with Gasteiger partial charge in [-0.2, -0.15) is 4.39 Å². The number of halogens is 5. The molecule has 8 heteroatoms. The number of alkyl halides is 3. The van der Waals surface area contributed by atoms with Crippen molar-refractivity contribution in [3.05, 3.63) is 65.5 Å². The monoisotopic (exact) mass is 390 g/mol. The molecule has 0 fully saturated rings. The molecule has 27 heavy (non-hydrogen) atoms. The Morgan fingerprint density at radius 2 is 1.33 bits per heavy atom. The van der Waals surface area contributed by atoms with Crippen LogP contribution in [0.3, 0.4) is 0 Å². The Morgan fingerprint density at radius 3 is 1.81 bits per heavy atom. The molecule has 0 N–H and O–H groups in total. The number of hydrogen-bond acceptors (Lipinski definition) is 3. The van der Waals surface area contributed by atoms with Gasteiger partial charge in [0, 0.05) is 5.56 Å². The summed E-state index contributed by atoms with van der Waals surface area (Å²) in [7, 11) is 0. The summed E-state index contributed by atoms with van der Waals surface area (Å²) in [5.74, 6) is -5.58. The van der Waals surface area contributed by atoms with Crippen LogP contribution in [0, 0.1) is 6.92 Å². The fourth-order valence-corrected chi connectivity index (χ4v) is 1.78. The fourth-order valence-electron chi connectivity index (χ4n) is 1.78. The Morgan fingerprint density at radius 1 is 0.852 bits per heavy atom. The van der Waals surface area contributed by atoms with Gasteiger partial charge in [-0.15, -0.1) is 13.2 Å². The Kier molecular flexibility index (Phi) is 8.66. The highest BCUT2D eigenvalue weighted by molar-refractivity contribution is 5.94. The largest absolute Gasteiger partial charge is 0.573 e. The molecule has 0 saturated carbocycles. The van der Waals surface area contributed by atoms with Gasteiger partial charge in [-0.1, -0.05) is 44.7 Å². The smallest absolute Gasteiger partial charge is 0.421 e. The molecule has 0 radical (unpaired) electrons. The zero-order valence-electron chi connectivity index (χ0n) is 12.7. The number of benzene rings is 2. The highest BCUT2D eigenvalue weighted by Crippen LogP contribution is 2.26. The molecule has 0 aliphatic carbocycles. The van der Waals surface area contributed by atoms with Crippen LogP contribution in [0.2, 0.25) is 0 Å². The summed E-state index contributed by atoms with van der Waals surface area (Å²) in [4.78, 5) is 11.6. The average molecular weight is 390 g/mol. The first-order chi connectivity index (χ1) is 11.7. The number of aryl methyl sites for hydroxylation is 1. The second-order valence-electron chi connectivity index (χ2n) is 4.90. The molecule has 148 valence electrons. The molecule has 0 saturated heterocycles. The molecule has 0 aromatic heterocycles. The maximum Gasteiger partial charge on any atom is 0.573 e. The molecule has 2 rings (SSSR count). The molecule has 0 amide bonds. The summed E-state index contributed by atoms with van der Waals surface area (Å²) in [5, 5.41) is 0. The van der Waals surface area contributed by atoms with Gasteiger partial charge in [0.2, 0.25) is 5.83 Å². The van der Waals surface area contributed by atoms with Crippen molar-refractivity contribution in [3.8, 4) is 11.5 Å². The third-order valence-electron chi connectivity index (χ3n) is 2.94. The number of esters is 1. The summed E-state index contributed by atoms with van der Waals surface area (Å²) in [6.07, 6.45) is -4.87. The number of ether oxygens (including phenoxy) is 2. The molecule has 0 aliphatic rings. The van der Waals surface area contributed by atoms with Gasteiger partial charge in [0.15, 0.2) is 5.83 Å². The van der Waals surface area contributed by atoms with Crippen molar-refractivity contribution >= 4 is 11.8 Å². The van der Waals surface area contributed by atoms with Crippen LogP contribution in [-0.2, 0) is 4.79 Å². The Hall–Kier alpha value is -2.90. The van der Waals surface area contributed by atoms with Crippen LogP contribution in [0.1, 0.15) is 26.0 Å². The molecule has 0 atom stereocenters. The summed E-state index contributed by atoms with van der Waals surface area (Å²) >= 11 is 0. The predicted octanol–water partition coefficient (Wildman–Crippen LogP) is 6.38. The lowest BCUT2D eigenvalue weighted by Crippen LogP contribution is -2.17. The van der Waals surface area contributed by atoms with Crippen molar-refractivity contribution in [1.29, 1.82) is 0 Å². The molecule has 0 spiro atoms. The summed E-state index contributed by atoms with van der Waals surface area (Å²) in [5.41, 5.74) is 0.676. The number of hydrogen-bond donors (Lipinski definition) is 0. The van der Waals surface area contributed by atoms with E-state index in [1.165, 1.54) is 24.3 Å². The molecule has 0 heterocycles. The number of carbonyl (C=O) groups excluding carboxylic acids is 1. The topological polar surface area (TPSA) is 35.5 Å². The van der Waals surface area contributed by atoms with Gasteiger partial charge < -0.3 is 9.47 Å². The minimum Gasteiger partial charge on any atom is -0.421 e. The van der Waals surface area contributed by atoms with Gasteiger partial charge in [-0.3, -0.25) is 0 Å². The van der Waals surface area contributed by atoms with Crippen molar-refractivity contribution in [3.63, 3.8) is 0 Å². The number of carbonyl (C=O) groups is 1. The lowest BCUT2D eigenvalue weighted by molar-refractivity contribution is -0.274. The first kappa shape index (κ1) is 24.1. The summed E-state index contributed by atoms with van der Waals surface area (Å²) < 4.78 is 72.0. The van der Waals surface area contributed by atoms with E-state index in [4.69, 9.17) is 0 Å². The van der Waals surface area contributed by atoms with E-state index in [9.17, 15) is 26.7 Å². The van der Waals surface area contributed by atoms with Crippen LogP contribution in [0.5, 0.6) is 11.5 Å². The van der Waals surface area contributed by atoms with Gasteiger partial charge in [0.1, 0.15) is 11.5 Å². The molecule has 0 bridgehead atoms. The third kappa shape index (κ3) is 7.08. The van der Waals surface area contributed by atoms with Crippen LogP contribution < -0.4 is 9.47 Å². The van der Waals surface area contributed by atoms with E-state index in [2.05, 4.69) is 9.47 Å². The van der Waals surface area contributed by atoms with E-state index in [1.807, 2.05) is 0 Å². The predicted molar refractivity (Wildman–Crippen MR) is 92.5 cm³/mol. The number of rotatable bonds is 4. The molecular formula is C19H19F5O3. The van der Waals surface area contributed by atoms with E-state index in [0.29, 0.717) is 0 Å². The normalized spacial score (nSPS) is 11.5. The molecule has 3 nitrogen and oxygen atoms in total. The Balaban J connectivity index is 0.00000338. The van der Waals surface area contributed by atoms with Gasteiger partial charge >= 0.3 is 12.3 Å². The lowest BCUT2D eigenvalue weighted by atomic mass is 10.1. The summed E-state index contributed by atoms with van der Waals surface area (Å²) in [6.45, 7) is 1.75. The summed E-state index contributed by atoms with van der Waals surface area (Å²) in [6, 6.07) is 9.30. The zero-order chi connectivity index (χ0) is 18.6. The van der Waals surface area contributed by atoms with Crippen LogP contribution in [0.25, 0.3) is 5.83 Å². The zero-order valence-corrected chi connectivity index (χ0v) is 12.7. The molecule has 2 aromatic rings. The standard InChI is InChI=1S/C17H11F5O3.2CH4/c1-10-2-4-11(5-3-10)14(18)15(19)16(23)24-12-6-8-13(9-7-12)25-17(20,21)22;;/h2-9H,1H3;2*1H4/b15-14+;;. The minimum absolute atomic E-state index is 0. The van der Waals surface area contributed by atoms with E-state index in [0.717, 1.165) is 29.8 Å². The van der Waals surface area contributed by atoms with Gasteiger partial charge in [-0.25, -0.2) is 9.18 Å². The van der Waals surface area contributed by atoms with Crippen molar-refractivity contribution in [1.82, 2.24) is 0 Å². The van der Waals surface area contributed by atoms with Gasteiger partial charge in [0.05, 0.1) is 0 Å². The van der Waals surface area contributed by atoms with E-state index in [1.54, 1.807) is 6.92 Å². The SMILES string of the molecule is C.C.Cc1ccc(/C(F)=C(\F)C(=O)Oc2ccc(OC(F)(F)F)cc2)cc1. The van der Waals surface area contributed by atoms with Crippen molar-refractivity contribution in [2.24, 2.45) is 0 Å². The Bertz CT molecular complexity index is 778. The van der Waals surface area contributed by atoms with E-state index in [-0.39, 0.29) is 26.2 Å². The first-order valence-electron chi connectivity index (χ1n) is 6.86. The van der Waals surface area contributed by atoms with Crippen molar-refractivity contribution in [2.75, 3.05) is 0 Å². The second kappa shape index (κ2) is 9.70. The maximum absolute atomic E-state index is 13.9. The third-order valence-corrected chi connectivity index (χ3v) is 2.94. The Labute approximate surface area is 154 Å². The lowest BCUT2D eigenvalue weighted by Gasteiger charge is -2.09. The molecular weight excluding hydrogens is 371 g/mol. The fraction of sp³-hybridized carbons (Fsp3) is 0.211. The average Bonchev–Trinajstić information content (AvgIpc) is 2.54. The van der Waals surface area contributed by atoms with E-state index >= 15 is 0 Å². The second-order valence-corrected chi connectivity index (χ2v) is 4.90. The maximum atomic E-state index is 13.9. The van der Waals surface area contributed by atoms with Crippen LogP contribution in [0.15, 0.2) is 54.4 Å². The van der Waals surface area contributed by atoms with Crippen molar-refractivity contribution < 1.29 is 36.2 Å². The molecule has 2 aromatic carbocycles. The minimum atomic E-state index is -4.87. The highest BCUT2D eigenvalue weighted by atomic mass is 19.4. The molecule has 0 aliphatic heterocycles. The van der Waals surface area contributed by atoms with Crippen molar-refractivity contribution in [2.45, 2.75) is 28.1 Å². The van der Waals surface area contributed by atoms with Crippen LogP contribution in [0.4, 0.5) is 22.0 Å². The van der Waals surface area contributed by atoms with Crippen LogP contribution in [-0.4, -0.2) is 12.3 Å². The molecule has 0 unspecified atom stereocenters. The quantitative estimate of drug-likeness (QED) is 0.263. The highest BCUT2D eigenvalue weighted by Gasteiger charge is 2.31. The van der Waals surface area contributed by atoms with Gasteiger partial charge in [-0.05, 0) is 31.2 Å². The van der Waals surface area contributed by atoms with Crippen LogP contribution >= 0.6 is 0 Å².